The molecule has 1 unspecified atom stereocenters. The van der Waals surface area contributed by atoms with Crippen molar-refractivity contribution in [3.05, 3.63) is 24.3 Å². The minimum absolute atomic E-state index is 0.0310. The van der Waals surface area contributed by atoms with Crippen molar-refractivity contribution in [2.45, 2.75) is 45.0 Å². The van der Waals surface area contributed by atoms with E-state index in [2.05, 4.69) is 15.4 Å². The minimum atomic E-state index is -4.80. The molecule has 0 saturated heterocycles. The Hall–Kier alpha value is -2.25. The Morgan fingerprint density at radius 2 is 1.92 bits per heavy atom. The predicted molar refractivity (Wildman–Crippen MR) is 81.3 cm³/mol. The van der Waals surface area contributed by atoms with E-state index in [1.54, 1.807) is 0 Å². The molecule has 2 N–H and O–H groups in total. The first-order valence-electron chi connectivity index (χ1n) is 7.68. The Morgan fingerprint density at radius 3 is 2.50 bits per heavy atom. The summed E-state index contributed by atoms with van der Waals surface area (Å²) in [5, 5.41) is 5.18. The highest BCUT2D eigenvalue weighted by Gasteiger charge is 2.32. The number of alkyl halides is 3. The SMILES string of the molecule is CC(=O)NC(C(=O)Nc1cccc(OC(F)(F)F)c1)C1CCCC1. The number of carbonyl (C=O) groups excluding carboxylic acids is 2. The zero-order valence-electron chi connectivity index (χ0n) is 13.2. The molecule has 1 aliphatic carbocycles. The standard InChI is InChI=1S/C16H19F3N2O3/c1-10(22)20-14(11-5-2-3-6-11)15(23)21-12-7-4-8-13(9-12)24-16(17,18)19/h4,7-9,11,14H,2-3,5-6H2,1H3,(H,20,22)(H,21,23). The van der Waals surface area contributed by atoms with Crippen LogP contribution in [0.15, 0.2) is 24.3 Å². The van der Waals surface area contributed by atoms with Crippen LogP contribution in [0.2, 0.25) is 0 Å². The van der Waals surface area contributed by atoms with E-state index in [4.69, 9.17) is 0 Å². The van der Waals surface area contributed by atoms with E-state index >= 15 is 0 Å². The topological polar surface area (TPSA) is 67.4 Å². The number of halogens is 3. The molecular formula is C16H19F3N2O3. The Balaban J connectivity index is 2.08. The Morgan fingerprint density at radius 1 is 1.25 bits per heavy atom. The summed E-state index contributed by atoms with van der Waals surface area (Å²) in [6, 6.07) is 4.34. The van der Waals surface area contributed by atoms with Gasteiger partial charge in [-0.2, -0.15) is 0 Å². The molecular weight excluding hydrogens is 325 g/mol. The van der Waals surface area contributed by atoms with Crippen LogP contribution in [0.25, 0.3) is 0 Å². The van der Waals surface area contributed by atoms with Crippen LogP contribution in [0.5, 0.6) is 5.75 Å². The van der Waals surface area contributed by atoms with Gasteiger partial charge < -0.3 is 15.4 Å². The van der Waals surface area contributed by atoms with E-state index in [0.717, 1.165) is 37.8 Å². The average molecular weight is 344 g/mol. The van der Waals surface area contributed by atoms with Gasteiger partial charge in [-0.05, 0) is 30.9 Å². The second kappa shape index (κ2) is 7.55. The van der Waals surface area contributed by atoms with Crippen molar-refractivity contribution in [2.75, 3.05) is 5.32 Å². The molecule has 0 radical (unpaired) electrons. The van der Waals surface area contributed by atoms with Crippen LogP contribution < -0.4 is 15.4 Å². The molecule has 0 spiro atoms. The lowest BCUT2D eigenvalue weighted by molar-refractivity contribution is -0.274. The van der Waals surface area contributed by atoms with Crippen molar-refractivity contribution in [1.29, 1.82) is 0 Å². The molecule has 2 rings (SSSR count). The van der Waals surface area contributed by atoms with Crippen molar-refractivity contribution < 1.29 is 27.5 Å². The number of rotatable bonds is 5. The molecule has 1 aromatic carbocycles. The maximum absolute atomic E-state index is 12.4. The summed E-state index contributed by atoms with van der Waals surface area (Å²) >= 11 is 0. The van der Waals surface area contributed by atoms with E-state index < -0.39 is 24.1 Å². The third kappa shape index (κ3) is 5.43. The van der Waals surface area contributed by atoms with E-state index in [1.807, 2.05) is 0 Å². The molecule has 0 bridgehead atoms. The molecule has 1 fully saturated rings. The first-order chi connectivity index (χ1) is 11.2. The van der Waals surface area contributed by atoms with Gasteiger partial charge in [-0.25, -0.2) is 0 Å². The van der Waals surface area contributed by atoms with Crippen molar-refractivity contribution in [2.24, 2.45) is 5.92 Å². The summed E-state index contributed by atoms with van der Waals surface area (Å²) in [4.78, 5) is 23.8. The van der Waals surface area contributed by atoms with Crippen LogP contribution in [-0.2, 0) is 9.59 Å². The lowest BCUT2D eigenvalue weighted by atomic mass is 9.97. The number of ether oxygens (including phenoxy) is 1. The summed E-state index contributed by atoms with van der Waals surface area (Å²) in [5.41, 5.74) is 0.176. The summed E-state index contributed by atoms with van der Waals surface area (Å²) in [5.74, 6) is -1.15. The van der Waals surface area contributed by atoms with Crippen molar-refractivity contribution in [3.63, 3.8) is 0 Å². The number of benzene rings is 1. The van der Waals surface area contributed by atoms with Crippen LogP contribution in [0.1, 0.15) is 32.6 Å². The molecule has 0 heterocycles. The largest absolute Gasteiger partial charge is 0.573 e. The third-order valence-corrected chi connectivity index (χ3v) is 3.85. The van der Waals surface area contributed by atoms with Crippen molar-refractivity contribution in [1.82, 2.24) is 5.32 Å². The lowest BCUT2D eigenvalue weighted by Crippen LogP contribution is -2.47. The molecule has 8 heteroatoms. The van der Waals surface area contributed by atoms with E-state index in [-0.39, 0.29) is 17.5 Å². The first kappa shape index (κ1) is 18.1. The molecule has 5 nitrogen and oxygen atoms in total. The highest BCUT2D eigenvalue weighted by atomic mass is 19.4. The second-order valence-electron chi connectivity index (χ2n) is 5.79. The van der Waals surface area contributed by atoms with Crippen molar-refractivity contribution in [3.8, 4) is 5.75 Å². The zero-order chi connectivity index (χ0) is 17.7. The summed E-state index contributed by atoms with van der Waals surface area (Å²) < 4.78 is 40.6. The number of hydrogen-bond acceptors (Lipinski definition) is 3. The van der Waals surface area contributed by atoms with E-state index in [0.29, 0.717) is 0 Å². The molecule has 132 valence electrons. The Bertz CT molecular complexity index is 598. The van der Waals surface area contributed by atoms with Crippen LogP contribution in [0.4, 0.5) is 18.9 Å². The Labute approximate surface area is 137 Å². The highest BCUT2D eigenvalue weighted by molar-refractivity contribution is 5.97. The molecule has 1 aliphatic rings. The third-order valence-electron chi connectivity index (χ3n) is 3.85. The van der Waals surface area contributed by atoms with Crippen LogP contribution in [0, 0.1) is 5.92 Å². The van der Waals surface area contributed by atoms with Gasteiger partial charge in [0.05, 0.1) is 0 Å². The molecule has 1 saturated carbocycles. The number of hydrogen-bond donors (Lipinski definition) is 2. The molecule has 0 aromatic heterocycles. The normalized spacial score (nSPS) is 16.5. The van der Waals surface area contributed by atoms with Gasteiger partial charge in [0.1, 0.15) is 11.8 Å². The predicted octanol–water partition coefficient (Wildman–Crippen LogP) is 3.22. The molecule has 2 amide bonds. The number of nitrogens with one attached hydrogen (secondary N) is 2. The van der Waals surface area contributed by atoms with Gasteiger partial charge in [-0.3, -0.25) is 9.59 Å². The zero-order valence-corrected chi connectivity index (χ0v) is 13.2. The fourth-order valence-corrected chi connectivity index (χ4v) is 2.90. The minimum Gasteiger partial charge on any atom is -0.406 e. The first-order valence-corrected chi connectivity index (χ1v) is 7.68. The summed E-state index contributed by atoms with van der Waals surface area (Å²) in [7, 11) is 0. The Kier molecular flexibility index (Phi) is 5.69. The summed E-state index contributed by atoms with van der Waals surface area (Å²) in [6.45, 7) is 1.33. The molecule has 24 heavy (non-hydrogen) atoms. The maximum atomic E-state index is 12.4. The number of carbonyl (C=O) groups is 2. The molecule has 1 atom stereocenters. The summed E-state index contributed by atoms with van der Waals surface area (Å²) in [6.07, 6.45) is -1.16. The molecule has 0 aliphatic heterocycles. The smallest absolute Gasteiger partial charge is 0.406 e. The second-order valence-corrected chi connectivity index (χ2v) is 5.79. The monoisotopic (exact) mass is 344 g/mol. The van der Waals surface area contributed by atoms with Gasteiger partial charge in [0.2, 0.25) is 11.8 Å². The van der Waals surface area contributed by atoms with Gasteiger partial charge in [-0.1, -0.05) is 18.9 Å². The maximum Gasteiger partial charge on any atom is 0.573 e. The van der Waals surface area contributed by atoms with E-state index in [9.17, 15) is 22.8 Å². The highest BCUT2D eigenvalue weighted by Crippen LogP contribution is 2.29. The number of anilines is 1. The van der Waals surface area contributed by atoms with Gasteiger partial charge >= 0.3 is 6.36 Å². The van der Waals surface area contributed by atoms with Crippen molar-refractivity contribution >= 4 is 17.5 Å². The van der Waals surface area contributed by atoms with Gasteiger partial charge in [0, 0.05) is 18.7 Å². The average Bonchev–Trinajstić information content (AvgIpc) is 2.96. The van der Waals surface area contributed by atoms with Gasteiger partial charge in [0.25, 0.3) is 0 Å². The fourth-order valence-electron chi connectivity index (χ4n) is 2.90. The lowest BCUT2D eigenvalue weighted by Gasteiger charge is -2.23. The van der Waals surface area contributed by atoms with E-state index in [1.165, 1.54) is 19.1 Å². The van der Waals surface area contributed by atoms with Gasteiger partial charge in [-0.15, -0.1) is 13.2 Å². The number of amides is 2. The quantitative estimate of drug-likeness (QED) is 0.862. The van der Waals surface area contributed by atoms with Crippen LogP contribution >= 0.6 is 0 Å². The molecule has 1 aromatic rings. The van der Waals surface area contributed by atoms with Crippen LogP contribution in [0.3, 0.4) is 0 Å². The van der Waals surface area contributed by atoms with Gasteiger partial charge in [0.15, 0.2) is 0 Å². The van der Waals surface area contributed by atoms with Crippen LogP contribution in [-0.4, -0.2) is 24.2 Å². The fraction of sp³-hybridized carbons (Fsp3) is 0.500.